The van der Waals surface area contributed by atoms with Gasteiger partial charge in [-0.3, -0.25) is 19.8 Å². The first-order valence-electron chi connectivity index (χ1n) is 5.27. The van der Waals surface area contributed by atoms with Gasteiger partial charge in [0.15, 0.2) is 0 Å². The standard InChI is InChI=1S/C11H8ClN3O4S/c12-10-4-3-9(6-11(10)15(16)17)20(18,19)14-8-2-1-5-13-7-8/h1-7,14H. The number of hydrogen-bond acceptors (Lipinski definition) is 5. The summed E-state index contributed by atoms with van der Waals surface area (Å²) in [6.07, 6.45) is 2.81. The van der Waals surface area contributed by atoms with Crippen LogP contribution in [-0.4, -0.2) is 18.3 Å². The van der Waals surface area contributed by atoms with Gasteiger partial charge >= 0.3 is 0 Å². The molecule has 0 bridgehead atoms. The van der Waals surface area contributed by atoms with Gasteiger partial charge in [-0.05, 0) is 24.3 Å². The fraction of sp³-hybridized carbons (Fsp3) is 0. The third-order valence-electron chi connectivity index (χ3n) is 2.34. The van der Waals surface area contributed by atoms with E-state index in [1.807, 2.05) is 0 Å². The van der Waals surface area contributed by atoms with Crippen molar-refractivity contribution in [1.82, 2.24) is 4.98 Å². The highest BCUT2D eigenvalue weighted by molar-refractivity contribution is 7.92. The fourth-order valence-corrected chi connectivity index (χ4v) is 2.69. The maximum atomic E-state index is 12.1. The predicted molar refractivity (Wildman–Crippen MR) is 73.2 cm³/mol. The zero-order valence-electron chi connectivity index (χ0n) is 9.86. The number of hydrogen-bond donors (Lipinski definition) is 1. The van der Waals surface area contributed by atoms with Gasteiger partial charge in [0.25, 0.3) is 15.7 Å². The lowest BCUT2D eigenvalue weighted by atomic mass is 10.3. The van der Waals surface area contributed by atoms with Gasteiger partial charge in [-0.1, -0.05) is 11.6 Å². The highest BCUT2D eigenvalue weighted by atomic mass is 35.5. The highest BCUT2D eigenvalue weighted by Gasteiger charge is 2.20. The van der Waals surface area contributed by atoms with Gasteiger partial charge in [0.2, 0.25) is 0 Å². The van der Waals surface area contributed by atoms with E-state index in [9.17, 15) is 18.5 Å². The number of nitro benzene ring substituents is 1. The van der Waals surface area contributed by atoms with E-state index in [0.29, 0.717) is 0 Å². The lowest BCUT2D eigenvalue weighted by Gasteiger charge is -2.07. The molecule has 0 saturated heterocycles. The topological polar surface area (TPSA) is 102 Å². The predicted octanol–water partition coefficient (Wildman–Crippen LogP) is 2.44. The molecule has 0 aliphatic carbocycles. The van der Waals surface area contributed by atoms with Crippen molar-refractivity contribution in [3.8, 4) is 0 Å². The summed E-state index contributed by atoms with van der Waals surface area (Å²) in [6, 6.07) is 6.32. The third kappa shape index (κ3) is 3.03. The number of nitrogens with one attached hydrogen (secondary N) is 1. The van der Waals surface area contributed by atoms with Crippen LogP contribution in [0, 0.1) is 10.1 Å². The lowest BCUT2D eigenvalue weighted by molar-refractivity contribution is -0.384. The molecule has 0 spiro atoms. The van der Waals surface area contributed by atoms with Crippen LogP contribution in [0.3, 0.4) is 0 Å². The van der Waals surface area contributed by atoms with E-state index in [-0.39, 0.29) is 15.6 Å². The van der Waals surface area contributed by atoms with Crippen LogP contribution in [0.1, 0.15) is 0 Å². The molecule has 1 aromatic carbocycles. The first-order chi connectivity index (χ1) is 9.40. The van der Waals surface area contributed by atoms with Gasteiger partial charge in [0.05, 0.1) is 21.7 Å². The van der Waals surface area contributed by atoms with Gasteiger partial charge in [-0.25, -0.2) is 8.42 Å². The average molecular weight is 314 g/mol. The van der Waals surface area contributed by atoms with Crippen LogP contribution >= 0.6 is 11.6 Å². The summed E-state index contributed by atoms with van der Waals surface area (Å²) in [7, 11) is -3.94. The molecule has 2 aromatic rings. The van der Waals surface area contributed by atoms with Crippen LogP contribution in [0.2, 0.25) is 5.02 Å². The Morgan fingerprint density at radius 1 is 1.30 bits per heavy atom. The summed E-state index contributed by atoms with van der Waals surface area (Å²) in [5.41, 5.74) is -0.217. The second kappa shape index (κ2) is 5.43. The zero-order chi connectivity index (χ0) is 14.8. The van der Waals surface area contributed by atoms with Crippen LogP contribution in [0.4, 0.5) is 11.4 Å². The number of nitrogens with zero attached hydrogens (tertiary/aromatic N) is 2. The molecule has 0 unspecified atom stereocenters. The maximum Gasteiger partial charge on any atom is 0.289 e. The van der Waals surface area contributed by atoms with Gasteiger partial charge < -0.3 is 0 Å². The number of sulfonamides is 1. The molecule has 0 radical (unpaired) electrons. The quantitative estimate of drug-likeness (QED) is 0.690. The minimum absolute atomic E-state index is 0.129. The van der Waals surface area contributed by atoms with Gasteiger partial charge in [-0.2, -0.15) is 0 Å². The number of benzene rings is 1. The molecule has 0 atom stereocenters. The van der Waals surface area contributed by atoms with Crippen molar-refractivity contribution in [2.75, 3.05) is 4.72 Å². The number of rotatable bonds is 4. The van der Waals surface area contributed by atoms with Crippen molar-refractivity contribution in [2.24, 2.45) is 0 Å². The number of halogens is 1. The van der Waals surface area contributed by atoms with Crippen LogP contribution in [0.15, 0.2) is 47.6 Å². The molecule has 0 saturated carbocycles. The Labute approximate surface area is 119 Å². The Bertz CT molecular complexity index is 750. The fourth-order valence-electron chi connectivity index (χ4n) is 1.44. The summed E-state index contributed by atoms with van der Waals surface area (Å²) in [5, 5.41) is 10.6. The summed E-state index contributed by atoms with van der Waals surface area (Å²) in [5.74, 6) is 0. The zero-order valence-corrected chi connectivity index (χ0v) is 11.4. The first-order valence-corrected chi connectivity index (χ1v) is 7.13. The SMILES string of the molecule is O=[N+]([O-])c1cc(S(=O)(=O)Nc2cccnc2)ccc1Cl. The molecule has 9 heteroatoms. The first kappa shape index (κ1) is 14.2. The summed E-state index contributed by atoms with van der Waals surface area (Å²) in [4.78, 5) is 13.5. The van der Waals surface area contributed by atoms with Crippen LogP contribution in [0.5, 0.6) is 0 Å². The smallest absolute Gasteiger partial charge is 0.278 e. The lowest BCUT2D eigenvalue weighted by Crippen LogP contribution is -2.13. The normalized spacial score (nSPS) is 11.1. The molecular formula is C11H8ClN3O4S. The molecule has 0 fully saturated rings. The van der Waals surface area contributed by atoms with Crippen molar-refractivity contribution in [1.29, 1.82) is 0 Å². The minimum atomic E-state index is -3.94. The number of pyridine rings is 1. The van der Waals surface area contributed by atoms with Crippen LogP contribution < -0.4 is 4.72 Å². The number of nitro groups is 1. The monoisotopic (exact) mass is 313 g/mol. The Balaban J connectivity index is 2.40. The van der Waals surface area contributed by atoms with Crippen molar-refractivity contribution in [3.05, 3.63) is 57.9 Å². The van der Waals surface area contributed by atoms with Crippen molar-refractivity contribution >= 4 is 33.0 Å². The van der Waals surface area contributed by atoms with Crippen LogP contribution in [-0.2, 0) is 10.0 Å². The Hall–Kier alpha value is -2.19. The van der Waals surface area contributed by atoms with E-state index in [4.69, 9.17) is 11.6 Å². The second-order valence-electron chi connectivity index (χ2n) is 3.72. The third-order valence-corrected chi connectivity index (χ3v) is 4.04. The largest absolute Gasteiger partial charge is 0.289 e. The summed E-state index contributed by atoms with van der Waals surface area (Å²) >= 11 is 5.63. The average Bonchev–Trinajstić information content (AvgIpc) is 2.39. The summed E-state index contributed by atoms with van der Waals surface area (Å²) < 4.78 is 26.4. The number of aromatic nitrogens is 1. The molecule has 0 aliphatic rings. The van der Waals surface area contributed by atoms with Gasteiger partial charge in [0.1, 0.15) is 5.02 Å². The van der Waals surface area contributed by atoms with Gasteiger partial charge in [0, 0.05) is 12.3 Å². The Morgan fingerprint density at radius 3 is 2.65 bits per heavy atom. The molecule has 20 heavy (non-hydrogen) atoms. The maximum absolute atomic E-state index is 12.1. The second-order valence-corrected chi connectivity index (χ2v) is 5.81. The Morgan fingerprint density at radius 2 is 2.05 bits per heavy atom. The molecule has 0 aliphatic heterocycles. The molecule has 0 amide bonds. The van der Waals surface area contributed by atoms with E-state index in [0.717, 1.165) is 12.1 Å². The molecule has 1 heterocycles. The van der Waals surface area contributed by atoms with E-state index in [1.165, 1.54) is 24.5 Å². The number of anilines is 1. The molecule has 7 nitrogen and oxygen atoms in total. The molecule has 1 aromatic heterocycles. The molecule has 104 valence electrons. The van der Waals surface area contributed by atoms with Gasteiger partial charge in [-0.15, -0.1) is 0 Å². The molecule has 1 N–H and O–H groups in total. The molecule has 2 rings (SSSR count). The highest BCUT2D eigenvalue weighted by Crippen LogP contribution is 2.27. The van der Waals surface area contributed by atoms with E-state index in [1.54, 1.807) is 6.07 Å². The van der Waals surface area contributed by atoms with E-state index in [2.05, 4.69) is 9.71 Å². The summed E-state index contributed by atoms with van der Waals surface area (Å²) in [6.45, 7) is 0. The Kier molecular flexibility index (Phi) is 3.86. The van der Waals surface area contributed by atoms with Crippen molar-refractivity contribution < 1.29 is 13.3 Å². The minimum Gasteiger partial charge on any atom is -0.278 e. The van der Waals surface area contributed by atoms with Crippen molar-refractivity contribution in [3.63, 3.8) is 0 Å². The molecular weight excluding hydrogens is 306 g/mol. The van der Waals surface area contributed by atoms with E-state index >= 15 is 0 Å². The van der Waals surface area contributed by atoms with E-state index < -0.39 is 20.6 Å². The van der Waals surface area contributed by atoms with Crippen molar-refractivity contribution in [2.45, 2.75) is 4.90 Å². The van der Waals surface area contributed by atoms with Crippen LogP contribution in [0.25, 0.3) is 0 Å².